The summed E-state index contributed by atoms with van der Waals surface area (Å²) in [6.07, 6.45) is 0. The van der Waals surface area contributed by atoms with E-state index in [1.54, 1.807) is 69.5 Å². The molecule has 0 aliphatic heterocycles. The number of carboxylic acid groups (broad SMARTS) is 1. The molecule has 3 N–H and O–H groups in total. The van der Waals surface area contributed by atoms with E-state index in [1.165, 1.54) is 23.9 Å². The smallest absolute Gasteiger partial charge is 0.335 e. The van der Waals surface area contributed by atoms with Crippen LogP contribution >= 0.6 is 11.8 Å². The van der Waals surface area contributed by atoms with Gasteiger partial charge in [-0.25, -0.2) is 4.79 Å². The monoisotopic (exact) mass is 464 g/mol. The first-order valence-electron chi connectivity index (χ1n) is 10.1. The number of carbonyl (C=O) groups excluding carboxylic acids is 2. The van der Waals surface area contributed by atoms with Gasteiger partial charge in [0.2, 0.25) is 5.91 Å². The molecule has 0 saturated heterocycles. The molecule has 3 aromatic rings. The molecule has 3 rings (SSSR count). The molecule has 33 heavy (non-hydrogen) atoms. The van der Waals surface area contributed by atoms with E-state index in [0.717, 1.165) is 10.5 Å². The van der Waals surface area contributed by atoms with E-state index in [0.29, 0.717) is 22.7 Å². The van der Waals surface area contributed by atoms with E-state index >= 15 is 0 Å². The van der Waals surface area contributed by atoms with Crippen molar-refractivity contribution in [1.29, 1.82) is 0 Å². The van der Waals surface area contributed by atoms with Gasteiger partial charge in [0.15, 0.2) is 0 Å². The van der Waals surface area contributed by atoms with Crippen LogP contribution in [0.25, 0.3) is 0 Å². The number of aromatic carboxylic acids is 1. The van der Waals surface area contributed by atoms with Gasteiger partial charge in [-0.1, -0.05) is 12.1 Å². The van der Waals surface area contributed by atoms with Gasteiger partial charge in [0.25, 0.3) is 5.91 Å². The molecule has 0 fully saturated rings. The van der Waals surface area contributed by atoms with Gasteiger partial charge in [0, 0.05) is 21.8 Å². The Kier molecular flexibility index (Phi) is 7.74. The number of nitrogens with one attached hydrogen (secondary N) is 2. The van der Waals surface area contributed by atoms with Crippen LogP contribution in [0.3, 0.4) is 0 Å². The zero-order valence-corrected chi connectivity index (χ0v) is 19.2. The quantitative estimate of drug-likeness (QED) is 0.402. The molecule has 0 heterocycles. The highest BCUT2D eigenvalue weighted by Gasteiger charge is 2.17. The minimum atomic E-state index is -1.05. The molecule has 0 radical (unpaired) electrons. The standard InChI is InChI=1S/C25H24N2O5S/c1-15-7-8-18(25(30)31)13-22(15)27-23(28)16(2)33-21-6-4-5-19(14-21)26-24(29)17-9-11-20(32-3)12-10-17/h4-14,16H,1-3H3,(H,26,29)(H,27,28)(H,30,31). The lowest BCUT2D eigenvalue weighted by Crippen LogP contribution is -2.23. The largest absolute Gasteiger partial charge is 0.497 e. The lowest BCUT2D eigenvalue weighted by atomic mass is 10.1. The van der Waals surface area contributed by atoms with E-state index in [-0.39, 0.29) is 17.4 Å². The second-order valence-corrected chi connectivity index (χ2v) is 8.71. The minimum absolute atomic E-state index is 0.108. The number of benzene rings is 3. The second-order valence-electron chi connectivity index (χ2n) is 7.29. The van der Waals surface area contributed by atoms with Gasteiger partial charge in [-0.2, -0.15) is 0 Å². The van der Waals surface area contributed by atoms with Crippen molar-refractivity contribution in [2.45, 2.75) is 24.0 Å². The zero-order chi connectivity index (χ0) is 24.0. The SMILES string of the molecule is COc1ccc(C(=O)Nc2cccc(SC(C)C(=O)Nc3cc(C(=O)O)ccc3C)c2)cc1. The highest BCUT2D eigenvalue weighted by Crippen LogP contribution is 2.27. The Morgan fingerprint density at radius 3 is 2.30 bits per heavy atom. The van der Waals surface area contributed by atoms with Crippen LogP contribution in [0.4, 0.5) is 11.4 Å². The summed E-state index contributed by atoms with van der Waals surface area (Å²) in [5, 5.41) is 14.4. The topological polar surface area (TPSA) is 105 Å². The Hall–Kier alpha value is -3.78. The summed E-state index contributed by atoms with van der Waals surface area (Å²) >= 11 is 1.33. The van der Waals surface area contributed by atoms with Gasteiger partial charge in [0.05, 0.1) is 17.9 Å². The summed E-state index contributed by atoms with van der Waals surface area (Å²) in [4.78, 5) is 37.2. The Morgan fingerprint density at radius 2 is 1.64 bits per heavy atom. The van der Waals surface area contributed by atoms with Gasteiger partial charge in [0.1, 0.15) is 5.75 Å². The highest BCUT2D eigenvalue weighted by molar-refractivity contribution is 8.00. The molecule has 1 atom stereocenters. The highest BCUT2D eigenvalue weighted by atomic mass is 32.2. The molecule has 3 aromatic carbocycles. The van der Waals surface area contributed by atoms with Gasteiger partial charge in [-0.15, -0.1) is 11.8 Å². The van der Waals surface area contributed by atoms with Gasteiger partial charge >= 0.3 is 5.97 Å². The number of aryl methyl sites for hydroxylation is 1. The predicted molar refractivity (Wildman–Crippen MR) is 129 cm³/mol. The van der Waals surface area contributed by atoms with Crippen LogP contribution in [0.5, 0.6) is 5.75 Å². The van der Waals surface area contributed by atoms with Crippen molar-refractivity contribution >= 4 is 40.9 Å². The molecule has 0 spiro atoms. The first kappa shape index (κ1) is 23.9. The molecule has 0 aromatic heterocycles. The maximum Gasteiger partial charge on any atom is 0.335 e. The Morgan fingerprint density at radius 1 is 0.939 bits per heavy atom. The number of methoxy groups -OCH3 is 1. The molecule has 0 aliphatic carbocycles. The molecule has 0 aliphatic rings. The number of hydrogen-bond acceptors (Lipinski definition) is 5. The third kappa shape index (κ3) is 6.36. The number of ether oxygens (including phenoxy) is 1. The maximum absolute atomic E-state index is 12.7. The van der Waals surface area contributed by atoms with Crippen molar-refractivity contribution in [2.75, 3.05) is 17.7 Å². The normalized spacial score (nSPS) is 11.4. The summed E-state index contributed by atoms with van der Waals surface area (Å²) in [7, 11) is 1.56. The summed E-state index contributed by atoms with van der Waals surface area (Å²) in [6, 6.07) is 18.6. The molecule has 170 valence electrons. The zero-order valence-electron chi connectivity index (χ0n) is 18.4. The fourth-order valence-corrected chi connectivity index (χ4v) is 3.90. The first-order chi connectivity index (χ1) is 15.8. The Bertz CT molecular complexity index is 1180. The molecule has 1 unspecified atom stereocenters. The fourth-order valence-electron chi connectivity index (χ4n) is 2.97. The number of carbonyl (C=O) groups is 3. The first-order valence-corrected chi connectivity index (χ1v) is 11.0. The Labute approximate surface area is 196 Å². The van der Waals surface area contributed by atoms with Crippen molar-refractivity contribution in [1.82, 2.24) is 0 Å². The van der Waals surface area contributed by atoms with Crippen molar-refractivity contribution in [3.63, 3.8) is 0 Å². The van der Waals surface area contributed by atoms with E-state index in [1.807, 2.05) is 6.07 Å². The van der Waals surface area contributed by atoms with Crippen LogP contribution in [0.2, 0.25) is 0 Å². The molecule has 7 nitrogen and oxygen atoms in total. The lowest BCUT2D eigenvalue weighted by molar-refractivity contribution is -0.115. The third-order valence-corrected chi connectivity index (χ3v) is 5.96. The summed E-state index contributed by atoms with van der Waals surface area (Å²) in [5.41, 5.74) is 2.46. The molecule has 0 bridgehead atoms. The average Bonchev–Trinajstić information content (AvgIpc) is 2.80. The number of thioether (sulfide) groups is 1. The molecular weight excluding hydrogens is 440 g/mol. The van der Waals surface area contributed by atoms with Gasteiger partial charge < -0.3 is 20.5 Å². The number of carboxylic acids is 1. The van der Waals surface area contributed by atoms with Crippen molar-refractivity contribution < 1.29 is 24.2 Å². The van der Waals surface area contributed by atoms with E-state index in [2.05, 4.69) is 10.6 Å². The third-order valence-electron chi connectivity index (χ3n) is 4.87. The van der Waals surface area contributed by atoms with Crippen LogP contribution in [-0.4, -0.2) is 35.2 Å². The van der Waals surface area contributed by atoms with Crippen LogP contribution < -0.4 is 15.4 Å². The summed E-state index contributed by atoms with van der Waals surface area (Å²) in [6.45, 7) is 3.56. The molecule has 2 amide bonds. The number of hydrogen-bond donors (Lipinski definition) is 3. The van der Waals surface area contributed by atoms with E-state index in [4.69, 9.17) is 4.74 Å². The van der Waals surface area contributed by atoms with Crippen LogP contribution in [0.1, 0.15) is 33.2 Å². The van der Waals surface area contributed by atoms with E-state index < -0.39 is 11.2 Å². The number of rotatable bonds is 8. The lowest BCUT2D eigenvalue weighted by Gasteiger charge is -2.15. The average molecular weight is 465 g/mol. The Balaban J connectivity index is 1.64. The molecule has 8 heteroatoms. The minimum Gasteiger partial charge on any atom is -0.497 e. The van der Waals surface area contributed by atoms with Crippen molar-refractivity contribution in [3.8, 4) is 5.75 Å². The molecule has 0 saturated carbocycles. The number of amides is 2. The van der Waals surface area contributed by atoms with Crippen LogP contribution in [0, 0.1) is 6.92 Å². The summed E-state index contributed by atoms with van der Waals surface area (Å²) < 4.78 is 5.11. The number of anilines is 2. The predicted octanol–water partition coefficient (Wildman–Crippen LogP) is 5.07. The van der Waals surface area contributed by atoms with E-state index in [9.17, 15) is 19.5 Å². The van der Waals surface area contributed by atoms with Gasteiger partial charge in [-0.05, 0) is 74.0 Å². The fraction of sp³-hybridized carbons (Fsp3) is 0.160. The molecular formula is C25H24N2O5S. The van der Waals surface area contributed by atoms with Crippen LogP contribution in [0.15, 0.2) is 71.6 Å². The van der Waals surface area contributed by atoms with Crippen molar-refractivity contribution in [3.05, 3.63) is 83.4 Å². The second kappa shape index (κ2) is 10.7. The summed E-state index contributed by atoms with van der Waals surface area (Å²) in [5.74, 6) is -0.888. The van der Waals surface area contributed by atoms with Crippen molar-refractivity contribution in [2.24, 2.45) is 0 Å². The van der Waals surface area contributed by atoms with Crippen LogP contribution in [-0.2, 0) is 4.79 Å². The van der Waals surface area contributed by atoms with Gasteiger partial charge in [-0.3, -0.25) is 9.59 Å². The maximum atomic E-state index is 12.7.